The first-order chi connectivity index (χ1) is 21.5. The van der Waals surface area contributed by atoms with Crippen LogP contribution >= 0.6 is 0 Å². The SMILES string of the molecule is CCCN1CCN(c2ccc(Nc3nccc(N(C(=O)Oc4c(C)cccc4C)c4ccc5ccccc5c4)n3)cc2)CC1. The van der Waals surface area contributed by atoms with Crippen molar-refractivity contribution in [3.8, 4) is 5.75 Å². The van der Waals surface area contributed by atoms with Crippen LogP contribution in [-0.2, 0) is 0 Å². The number of piperazine rings is 1. The summed E-state index contributed by atoms with van der Waals surface area (Å²) in [4.78, 5) is 29.5. The zero-order valence-corrected chi connectivity index (χ0v) is 25.5. The highest BCUT2D eigenvalue weighted by Crippen LogP contribution is 2.31. The molecule has 224 valence electrons. The Hall–Kier alpha value is -4.95. The van der Waals surface area contributed by atoms with Crippen molar-refractivity contribution < 1.29 is 9.53 Å². The summed E-state index contributed by atoms with van der Waals surface area (Å²) in [5.41, 5.74) is 4.48. The number of carbonyl (C=O) groups is 1. The molecule has 0 radical (unpaired) electrons. The second-order valence-electron chi connectivity index (χ2n) is 11.2. The molecule has 5 aromatic rings. The third-order valence-corrected chi connectivity index (χ3v) is 8.04. The van der Waals surface area contributed by atoms with Crippen molar-refractivity contribution in [1.29, 1.82) is 0 Å². The van der Waals surface area contributed by atoms with Gasteiger partial charge in [0.25, 0.3) is 0 Å². The van der Waals surface area contributed by atoms with E-state index in [2.05, 4.69) is 39.2 Å². The summed E-state index contributed by atoms with van der Waals surface area (Å²) < 4.78 is 6.01. The Morgan fingerprint density at radius 2 is 1.59 bits per heavy atom. The standard InChI is InChI=1S/C36H38N6O2/c1-4-20-40-21-23-41(24-22-40)31-16-13-30(14-17-31)38-35-37-19-18-33(39-35)42(32-15-12-28-10-5-6-11-29(28)25-32)36(43)44-34-26(2)8-7-9-27(34)3/h5-19,25H,4,20-24H2,1-3H3,(H,37,38,39). The first-order valence-corrected chi connectivity index (χ1v) is 15.2. The van der Waals surface area contributed by atoms with Crippen molar-refractivity contribution in [1.82, 2.24) is 14.9 Å². The van der Waals surface area contributed by atoms with Gasteiger partial charge in [-0.25, -0.2) is 14.7 Å². The Bertz CT molecular complexity index is 1730. The van der Waals surface area contributed by atoms with E-state index in [0.29, 0.717) is 23.2 Å². The Kier molecular flexibility index (Phi) is 8.70. The van der Waals surface area contributed by atoms with E-state index < -0.39 is 6.09 Å². The van der Waals surface area contributed by atoms with Crippen LogP contribution in [0.4, 0.5) is 33.6 Å². The molecule has 0 bridgehead atoms. The van der Waals surface area contributed by atoms with Gasteiger partial charge in [0.05, 0.1) is 5.69 Å². The maximum Gasteiger partial charge on any atom is 0.425 e. The Morgan fingerprint density at radius 3 is 2.32 bits per heavy atom. The minimum absolute atomic E-state index is 0.383. The van der Waals surface area contributed by atoms with Crippen LogP contribution in [0.3, 0.4) is 0 Å². The fourth-order valence-corrected chi connectivity index (χ4v) is 5.70. The first-order valence-electron chi connectivity index (χ1n) is 15.2. The lowest BCUT2D eigenvalue weighted by Crippen LogP contribution is -2.46. The highest BCUT2D eigenvalue weighted by molar-refractivity contribution is 5.99. The highest BCUT2D eigenvalue weighted by Gasteiger charge is 2.24. The van der Waals surface area contributed by atoms with Crippen molar-refractivity contribution in [2.24, 2.45) is 0 Å². The zero-order valence-electron chi connectivity index (χ0n) is 25.5. The van der Waals surface area contributed by atoms with Crippen molar-refractivity contribution in [2.75, 3.05) is 47.8 Å². The molecular weight excluding hydrogens is 548 g/mol. The van der Waals surface area contributed by atoms with Gasteiger partial charge >= 0.3 is 6.09 Å². The molecule has 8 heteroatoms. The molecule has 1 saturated heterocycles. The Labute approximate surface area is 258 Å². The molecule has 1 aliphatic rings. The topological polar surface area (TPSA) is 73.8 Å². The minimum atomic E-state index is -0.550. The van der Waals surface area contributed by atoms with E-state index in [1.807, 2.05) is 86.6 Å². The van der Waals surface area contributed by atoms with E-state index in [1.165, 1.54) is 17.0 Å². The predicted octanol–water partition coefficient (Wildman–Crippen LogP) is 7.86. The second-order valence-corrected chi connectivity index (χ2v) is 11.2. The van der Waals surface area contributed by atoms with Crippen molar-refractivity contribution in [3.05, 3.63) is 108 Å². The maximum atomic E-state index is 13.9. The van der Waals surface area contributed by atoms with Gasteiger partial charge in [-0.05, 0) is 85.1 Å². The van der Waals surface area contributed by atoms with Gasteiger partial charge in [0.1, 0.15) is 11.6 Å². The summed E-state index contributed by atoms with van der Waals surface area (Å²) in [5, 5.41) is 5.40. The molecular formula is C36H38N6O2. The van der Waals surface area contributed by atoms with Gasteiger partial charge in [-0.2, -0.15) is 4.98 Å². The molecule has 0 atom stereocenters. The predicted molar refractivity (Wildman–Crippen MR) is 179 cm³/mol. The van der Waals surface area contributed by atoms with E-state index in [1.54, 1.807) is 12.3 Å². The lowest BCUT2D eigenvalue weighted by atomic mass is 10.1. The van der Waals surface area contributed by atoms with Crippen LogP contribution in [0.1, 0.15) is 24.5 Å². The number of carbonyl (C=O) groups excluding carboxylic acids is 1. The average Bonchev–Trinajstić information content (AvgIpc) is 3.04. The molecule has 1 aliphatic heterocycles. The van der Waals surface area contributed by atoms with E-state index in [4.69, 9.17) is 9.72 Å². The number of benzene rings is 4. The number of amides is 1. The van der Waals surface area contributed by atoms with E-state index in [-0.39, 0.29) is 0 Å². The van der Waals surface area contributed by atoms with Crippen molar-refractivity contribution >= 4 is 45.7 Å². The molecule has 1 amide bonds. The van der Waals surface area contributed by atoms with E-state index in [9.17, 15) is 4.79 Å². The average molecular weight is 587 g/mol. The summed E-state index contributed by atoms with van der Waals surface area (Å²) >= 11 is 0. The summed E-state index contributed by atoms with van der Waals surface area (Å²) in [6.07, 6.45) is 2.29. The minimum Gasteiger partial charge on any atom is -0.409 e. The Balaban J connectivity index is 1.25. The van der Waals surface area contributed by atoms with Gasteiger partial charge in [-0.3, -0.25) is 4.90 Å². The molecule has 44 heavy (non-hydrogen) atoms. The molecule has 1 fully saturated rings. The fraction of sp³-hybridized carbons (Fsp3) is 0.250. The van der Waals surface area contributed by atoms with Gasteiger partial charge in [0.15, 0.2) is 0 Å². The monoisotopic (exact) mass is 586 g/mol. The largest absolute Gasteiger partial charge is 0.425 e. The number of aryl methyl sites for hydroxylation is 2. The number of hydrogen-bond donors (Lipinski definition) is 1. The summed E-state index contributed by atoms with van der Waals surface area (Å²) in [5.74, 6) is 1.33. The molecule has 2 heterocycles. The third-order valence-electron chi connectivity index (χ3n) is 8.04. The number of para-hydroxylation sites is 1. The number of nitrogens with zero attached hydrogens (tertiary/aromatic N) is 5. The lowest BCUT2D eigenvalue weighted by Gasteiger charge is -2.36. The van der Waals surface area contributed by atoms with Crippen LogP contribution in [-0.4, -0.2) is 53.7 Å². The quantitative estimate of drug-likeness (QED) is 0.198. The van der Waals surface area contributed by atoms with Crippen LogP contribution in [0.5, 0.6) is 5.75 Å². The third kappa shape index (κ3) is 6.50. The van der Waals surface area contributed by atoms with E-state index >= 15 is 0 Å². The molecule has 0 saturated carbocycles. The highest BCUT2D eigenvalue weighted by atomic mass is 16.6. The maximum absolute atomic E-state index is 13.9. The molecule has 0 spiro atoms. The molecule has 6 rings (SSSR count). The number of anilines is 5. The molecule has 0 unspecified atom stereocenters. The number of fused-ring (bicyclic) bond motifs is 1. The van der Waals surface area contributed by atoms with Gasteiger partial charge in [-0.15, -0.1) is 0 Å². The number of rotatable bonds is 8. The van der Waals surface area contributed by atoms with Gasteiger partial charge in [0.2, 0.25) is 5.95 Å². The van der Waals surface area contributed by atoms with Crippen LogP contribution < -0.4 is 19.9 Å². The van der Waals surface area contributed by atoms with Gasteiger partial charge < -0.3 is 15.0 Å². The zero-order chi connectivity index (χ0) is 30.5. The number of hydrogen-bond acceptors (Lipinski definition) is 7. The Morgan fingerprint density at radius 1 is 0.864 bits per heavy atom. The van der Waals surface area contributed by atoms with Crippen LogP contribution in [0.2, 0.25) is 0 Å². The van der Waals surface area contributed by atoms with Crippen LogP contribution in [0.25, 0.3) is 10.8 Å². The second kappa shape index (κ2) is 13.1. The molecule has 8 nitrogen and oxygen atoms in total. The smallest absolute Gasteiger partial charge is 0.409 e. The molecule has 1 aromatic heterocycles. The van der Waals surface area contributed by atoms with Crippen LogP contribution in [0, 0.1) is 13.8 Å². The summed E-state index contributed by atoms with van der Waals surface area (Å²) in [7, 11) is 0. The fourth-order valence-electron chi connectivity index (χ4n) is 5.70. The number of ether oxygens (including phenoxy) is 1. The van der Waals surface area contributed by atoms with Crippen molar-refractivity contribution in [3.63, 3.8) is 0 Å². The van der Waals surface area contributed by atoms with Crippen molar-refractivity contribution in [2.45, 2.75) is 27.2 Å². The lowest BCUT2D eigenvalue weighted by molar-refractivity contribution is 0.209. The molecule has 4 aromatic carbocycles. The first kappa shape index (κ1) is 29.1. The number of nitrogens with one attached hydrogen (secondary N) is 1. The number of aromatic nitrogens is 2. The normalized spacial score (nSPS) is 13.6. The summed E-state index contributed by atoms with van der Waals surface area (Å²) in [6.45, 7) is 11.5. The van der Waals surface area contributed by atoms with E-state index in [0.717, 1.165) is 60.3 Å². The van der Waals surface area contributed by atoms with Gasteiger partial charge in [-0.1, -0.05) is 55.5 Å². The van der Waals surface area contributed by atoms with Crippen LogP contribution in [0.15, 0.2) is 97.2 Å². The van der Waals surface area contributed by atoms with Gasteiger partial charge in [0, 0.05) is 49.8 Å². The molecule has 0 aliphatic carbocycles. The molecule has 1 N–H and O–H groups in total. The summed E-state index contributed by atoms with van der Waals surface area (Å²) in [6, 6.07) is 29.8.